The number of hydrogen-bond acceptors (Lipinski definition) is 3. The largest absolute Gasteiger partial charge is 0.404 e. The van der Waals surface area contributed by atoms with Gasteiger partial charge in [0, 0.05) is 24.9 Å². The third-order valence-corrected chi connectivity index (χ3v) is 1.80. The van der Waals surface area contributed by atoms with Gasteiger partial charge in [-0.15, -0.1) is 0 Å². The lowest BCUT2D eigenvalue weighted by atomic mass is 10.1. The molecule has 0 aliphatic carbocycles. The fourth-order valence-electron chi connectivity index (χ4n) is 1.13. The quantitative estimate of drug-likeness (QED) is 0.704. The maximum Gasteiger partial charge on any atom is 0.0669 e. The molecule has 0 atom stereocenters. The van der Waals surface area contributed by atoms with Crippen LogP contribution in [0.1, 0.15) is 18.3 Å². The molecule has 0 radical (unpaired) electrons. The van der Waals surface area contributed by atoms with Crippen molar-refractivity contribution in [3.63, 3.8) is 0 Å². The molecule has 1 aromatic rings. The Morgan fingerprint density at radius 1 is 1.71 bits per heavy atom. The van der Waals surface area contributed by atoms with E-state index in [1.165, 1.54) is 0 Å². The van der Waals surface area contributed by atoms with Crippen molar-refractivity contribution < 1.29 is 0 Å². The molecule has 0 aliphatic heterocycles. The number of nitrogens with one attached hydrogen (secondary N) is 1. The molecule has 0 spiro atoms. The number of allylic oxidation sites excluding steroid dienone is 1. The fraction of sp³-hybridized carbons (Fsp3) is 0.400. The van der Waals surface area contributed by atoms with Crippen LogP contribution in [-0.4, -0.2) is 23.0 Å². The van der Waals surface area contributed by atoms with E-state index in [4.69, 9.17) is 5.73 Å². The molecule has 0 amide bonds. The molecule has 1 heterocycles. The first-order chi connectivity index (χ1) is 6.76. The monoisotopic (exact) mass is 192 g/mol. The molecule has 0 saturated heterocycles. The lowest BCUT2D eigenvalue weighted by molar-refractivity contribution is 0.982. The molecule has 0 aliphatic rings. The summed E-state index contributed by atoms with van der Waals surface area (Å²) in [5.74, 6) is 0. The van der Waals surface area contributed by atoms with Crippen molar-refractivity contribution in [2.45, 2.75) is 20.3 Å². The second-order valence-electron chi connectivity index (χ2n) is 3.09. The number of aromatic amines is 1. The Labute approximate surface area is 83.9 Å². The van der Waals surface area contributed by atoms with Crippen molar-refractivity contribution in [3.8, 4) is 0 Å². The zero-order valence-electron chi connectivity index (χ0n) is 8.62. The van der Waals surface area contributed by atoms with Crippen LogP contribution >= 0.6 is 0 Å². The summed E-state index contributed by atoms with van der Waals surface area (Å²) in [6.07, 6.45) is 4.09. The van der Waals surface area contributed by atoms with Crippen molar-refractivity contribution in [3.05, 3.63) is 29.2 Å². The van der Waals surface area contributed by atoms with Crippen LogP contribution in [0.3, 0.4) is 0 Å². The highest BCUT2D eigenvalue weighted by molar-refractivity contribution is 5.78. The Balaban J connectivity index is 2.62. The van der Waals surface area contributed by atoms with E-state index in [-0.39, 0.29) is 0 Å². The number of rotatable bonds is 4. The zero-order chi connectivity index (χ0) is 10.4. The lowest BCUT2D eigenvalue weighted by Gasteiger charge is -1.96. The minimum Gasteiger partial charge on any atom is -0.404 e. The van der Waals surface area contributed by atoms with Crippen LogP contribution in [0.5, 0.6) is 0 Å². The van der Waals surface area contributed by atoms with E-state index in [9.17, 15) is 0 Å². The first-order valence-corrected chi connectivity index (χ1v) is 4.67. The SMILES string of the molecule is CCN=CC(=CN)Cc1cc(C)[nH]n1. The molecule has 4 heteroatoms. The van der Waals surface area contributed by atoms with Crippen LogP contribution in [0.25, 0.3) is 0 Å². The van der Waals surface area contributed by atoms with E-state index >= 15 is 0 Å². The highest BCUT2D eigenvalue weighted by atomic mass is 15.1. The van der Waals surface area contributed by atoms with Gasteiger partial charge in [0.2, 0.25) is 0 Å². The van der Waals surface area contributed by atoms with E-state index in [1.54, 1.807) is 12.4 Å². The Hall–Kier alpha value is -1.58. The number of aryl methyl sites for hydroxylation is 1. The number of aliphatic imine (C=N–C) groups is 1. The van der Waals surface area contributed by atoms with Crippen molar-refractivity contribution in [1.29, 1.82) is 0 Å². The number of aromatic nitrogens is 2. The van der Waals surface area contributed by atoms with Crippen LogP contribution in [0.2, 0.25) is 0 Å². The number of nitrogens with two attached hydrogens (primary N) is 1. The van der Waals surface area contributed by atoms with Gasteiger partial charge in [-0.25, -0.2) is 0 Å². The molecule has 0 aromatic carbocycles. The van der Waals surface area contributed by atoms with Gasteiger partial charge in [-0.3, -0.25) is 10.1 Å². The highest BCUT2D eigenvalue weighted by Crippen LogP contribution is 2.04. The zero-order valence-corrected chi connectivity index (χ0v) is 8.62. The highest BCUT2D eigenvalue weighted by Gasteiger charge is 2.00. The standard InChI is InChI=1S/C10H16N4/c1-3-12-7-9(6-11)5-10-4-8(2)13-14-10/h4,6-7H,3,5,11H2,1-2H3,(H,13,14). The van der Waals surface area contributed by atoms with Crippen molar-refractivity contribution in [1.82, 2.24) is 10.2 Å². The van der Waals surface area contributed by atoms with Gasteiger partial charge in [0.05, 0.1) is 5.69 Å². The maximum atomic E-state index is 5.48. The average molecular weight is 192 g/mol. The van der Waals surface area contributed by atoms with Gasteiger partial charge in [0.1, 0.15) is 0 Å². The third-order valence-electron chi connectivity index (χ3n) is 1.80. The van der Waals surface area contributed by atoms with E-state index in [1.807, 2.05) is 19.9 Å². The molecule has 76 valence electrons. The van der Waals surface area contributed by atoms with Gasteiger partial charge >= 0.3 is 0 Å². The summed E-state index contributed by atoms with van der Waals surface area (Å²) in [5.41, 5.74) is 8.51. The molecule has 1 rings (SSSR count). The molecular formula is C10H16N4. The molecule has 4 nitrogen and oxygen atoms in total. The maximum absolute atomic E-state index is 5.48. The van der Waals surface area contributed by atoms with Crippen LogP contribution in [0, 0.1) is 6.92 Å². The molecule has 3 N–H and O–H groups in total. The topological polar surface area (TPSA) is 67.1 Å². The minimum atomic E-state index is 0.727. The Bertz CT molecular complexity index is 336. The first-order valence-electron chi connectivity index (χ1n) is 4.67. The van der Waals surface area contributed by atoms with Gasteiger partial charge in [-0.05, 0) is 31.7 Å². The summed E-state index contributed by atoms with van der Waals surface area (Å²) in [6.45, 7) is 4.74. The Morgan fingerprint density at radius 2 is 2.50 bits per heavy atom. The average Bonchev–Trinajstić information content (AvgIpc) is 2.58. The molecular weight excluding hydrogens is 176 g/mol. The van der Waals surface area contributed by atoms with E-state index in [0.29, 0.717) is 0 Å². The van der Waals surface area contributed by atoms with Crippen LogP contribution < -0.4 is 5.73 Å². The predicted octanol–water partition coefficient (Wildman–Crippen LogP) is 1.19. The van der Waals surface area contributed by atoms with Gasteiger partial charge in [0.25, 0.3) is 0 Å². The summed E-state index contributed by atoms with van der Waals surface area (Å²) in [4.78, 5) is 4.13. The lowest BCUT2D eigenvalue weighted by Crippen LogP contribution is -1.97. The summed E-state index contributed by atoms with van der Waals surface area (Å²) in [5, 5.41) is 7.02. The van der Waals surface area contributed by atoms with Gasteiger partial charge in [-0.1, -0.05) is 0 Å². The normalized spacial score (nSPS) is 12.6. The summed E-state index contributed by atoms with van der Waals surface area (Å²) in [6, 6.07) is 2.00. The second-order valence-corrected chi connectivity index (χ2v) is 3.09. The van der Waals surface area contributed by atoms with E-state index in [0.717, 1.165) is 29.9 Å². The number of hydrogen-bond donors (Lipinski definition) is 2. The Kier molecular flexibility index (Phi) is 3.91. The van der Waals surface area contributed by atoms with Crippen molar-refractivity contribution in [2.24, 2.45) is 10.7 Å². The van der Waals surface area contributed by atoms with Crippen molar-refractivity contribution >= 4 is 6.21 Å². The van der Waals surface area contributed by atoms with E-state index < -0.39 is 0 Å². The van der Waals surface area contributed by atoms with Crippen molar-refractivity contribution in [2.75, 3.05) is 6.54 Å². The molecule has 1 aromatic heterocycles. The predicted molar refractivity (Wildman–Crippen MR) is 58.3 cm³/mol. The molecule has 0 fully saturated rings. The second kappa shape index (κ2) is 5.21. The molecule has 0 unspecified atom stereocenters. The molecule has 0 bridgehead atoms. The summed E-state index contributed by atoms with van der Waals surface area (Å²) < 4.78 is 0. The first kappa shape index (κ1) is 10.5. The van der Waals surface area contributed by atoms with E-state index in [2.05, 4.69) is 15.2 Å². The summed E-state index contributed by atoms with van der Waals surface area (Å²) >= 11 is 0. The smallest absolute Gasteiger partial charge is 0.0669 e. The molecule has 0 saturated carbocycles. The van der Waals surface area contributed by atoms with Gasteiger partial charge < -0.3 is 5.73 Å². The fourth-order valence-corrected chi connectivity index (χ4v) is 1.13. The van der Waals surface area contributed by atoms with Crippen LogP contribution in [-0.2, 0) is 6.42 Å². The van der Waals surface area contributed by atoms with Crippen LogP contribution in [0.15, 0.2) is 22.8 Å². The van der Waals surface area contributed by atoms with Gasteiger partial charge in [0.15, 0.2) is 0 Å². The summed E-state index contributed by atoms with van der Waals surface area (Å²) in [7, 11) is 0. The third kappa shape index (κ3) is 3.05. The molecule has 14 heavy (non-hydrogen) atoms. The number of nitrogens with zero attached hydrogens (tertiary/aromatic N) is 2. The number of H-pyrrole nitrogens is 1. The van der Waals surface area contributed by atoms with Crippen LogP contribution in [0.4, 0.5) is 0 Å². The Morgan fingerprint density at radius 3 is 3.00 bits per heavy atom. The minimum absolute atomic E-state index is 0.727. The van der Waals surface area contributed by atoms with Gasteiger partial charge in [-0.2, -0.15) is 5.10 Å².